The fourth-order valence-electron chi connectivity index (χ4n) is 0.747. The van der Waals surface area contributed by atoms with Crippen LogP contribution in [-0.4, -0.2) is 4.37 Å². The summed E-state index contributed by atoms with van der Waals surface area (Å²) >= 11 is 3.43. The number of rotatable bonds is 0. The average Bonchev–Trinajstić information content (AvgIpc) is 2.36. The molecule has 1 aromatic heterocycles. The Morgan fingerprint density at radius 3 is 3.00 bits per heavy atom. The lowest BCUT2D eigenvalue weighted by molar-refractivity contribution is -0.00000175. The molecule has 1 nitrogen and oxygen atoms in total. The van der Waals surface area contributed by atoms with Gasteiger partial charge in [-0.2, -0.15) is 0 Å². The van der Waals surface area contributed by atoms with Crippen molar-refractivity contribution in [3.63, 3.8) is 0 Å². The maximum Gasteiger partial charge on any atom is 0.323 e. The van der Waals surface area contributed by atoms with Crippen molar-refractivity contribution in [1.29, 1.82) is 0 Å². The standard InChI is InChI=1S/C6H3BrNS2.ClH/c7-4-2-1-3-5-6(4)8-10-9-5;/h1-3H;1H/q+1;/p-1. The molecule has 0 unspecified atom stereocenters. The van der Waals surface area contributed by atoms with Crippen LogP contribution in [0.2, 0.25) is 0 Å². The average molecular weight is 269 g/mol. The highest BCUT2D eigenvalue weighted by Gasteiger charge is 2.10. The number of aromatic nitrogens is 1. The summed E-state index contributed by atoms with van der Waals surface area (Å²) in [6, 6.07) is 6.11. The first kappa shape index (κ1) is 9.32. The van der Waals surface area contributed by atoms with Gasteiger partial charge in [0.25, 0.3) is 15.2 Å². The molecule has 0 amide bonds. The highest BCUT2D eigenvalue weighted by molar-refractivity contribution is 9.10. The summed E-state index contributed by atoms with van der Waals surface area (Å²) in [5, 5.41) is 0. The molecule has 2 aromatic rings. The first-order valence-electron chi connectivity index (χ1n) is 2.71. The summed E-state index contributed by atoms with van der Waals surface area (Å²) in [5.74, 6) is 0. The van der Waals surface area contributed by atoms with Crippen LogP contribution in [-0.2, 0) is 0 Å². The van der Waals surface area contributed by atoms with Gasteiger partial charge in [0.1, 0.15) is 0 Å². The molecule has 2 rings (SSSR count). The van der Waals surface area contributed by atoms with E-state index in [2.05, 4.69) is 26.4 Å². The molecule has 0 bridgehead atoms. The molecule has 11 heavy (non-hydrogen) atoms. The van der Waals surface area contributed by atoms with Crippen molar-refractivity contribution < 1.29 is 12.4 Å². The van der Waals surface area contributed by atoms with E-state index in [1.54, 1.807) is 10.3 Å². The lowest BCUT2D eigenvalue weighted by Gasteiger charge is -1.82. The first-order valence-corrected chi connectivity index (χ1v) is 5.61. The van der Waals surface area contributed by atoms with Crippen LogP contribution in [0.15, 0.2) is 22.7 Å². The van der Waals surface area contributed by atoms with Gasteiger partial charge in [0.05, 0.1) is 4.47 Å². The third kappa shape index (κ3) is 1.69. The van der Waals surface area contributed by atoms with Crippen LogP contribution in [0.25, 0.3) is 10.2 Å². The van der Waals surface area contributed by atoms with E-state index in [4.69, 9.17) is 0 Å². The van der Waals surface area contributed by atoms with Crippen molar-refractivity contribution in [2.45, 2.75) is 0 Å². The third-order valence-corrected chi connectivity index (χ3v) is 3.67. The Kier molecular flexibility index (Phi) is 3.18. The van der Waals surface area contributed by atoms with Crippen molar-refractivity contribution in [2.75, 3.05) is 0 Å². The topological polar surface area (TPSA) is 12.9 Å². The molecule has 0 radical (unpaired) electrons. The molecule has 0 saturated carbocycles. The molecule has 0 atom stereocenters. The molecule has 5 heteroatoms. The predicted octanol–water partition coefficient (Wildman–Crippen LogP) is 0.405. The molecule has 1 heterocycles. The fourth-order valence-corrected chi connectivity index (χ4v) is 3.25. The van der Waals surface area contributed by atoms with Gasteiger partial charge >= 0.3 is 10.3 Å². The number of hydrogen-bond donors (Lipinski definition) is 0. The zero-order valence-electron chi connectivity index (χ0n) is 5.25. The van der Waals surface area contributed by atoms with Crippen molar-refractivity contribution >= 4 is 47.0 Å². The smallest absolute Gasteiger partial charge is 0.323 e. The van der Waals surface area contributed by atoms with E-state index in [1.165, 1.54) is 15.2 Å². The molecular weight excluding hydrogens is 266 g/mol. The van der Waals surface area contributed by atoms with Crippen LogP contribution in [0.5, 0.6) is 0 Å². The number of halogens is 2. The quantitative estimate of drug-likeness (QED) is 0.498. The molecule has 0 saturated heterocycles. The summed E-state index contributed by atoms with van der Waals surface area (Å²) in [4.78, 5) is 0. The lowest BCUT2D eigenvalue weighted by atomic mass is 10.3. The Hall–Kier alpha value is 0.230. The monoisotopic (exact) mass is 267 g/mol. The minimum atomic E-state index is 0. The van der Waals surface area contributed by atoms with Gasteiger partial charge in [0.15, 0.2) is 5.52 Å². The van der Waals surface area contributed by atoms with E-state index < -0.39 is 0 Å². The summed E-state index contributed by atoms with van der Waals surface area (Å²) in [5.41, 5.74) is 1.08. The normalized spacial score (nSPS) is 9.55. The van der Waals surface area contributed by atoms with Crippen molar-refractivity contribution in [3.8, 4) is 0 Å². The minimum absolute atomic E-state index is 0. The second-order valence-corrected chi connectivity index (χ2v) is 4.58. The Labute approximate surface area is 86.2 Å². The van der Waals surface area contributed by atoms with Gasteiger partial charge in [-0.05, 0) is 22.0 Å². The number of benzene rings is 1. The van der Waals surface area contributed by atoms with E-state index in [0.717, 1.165) is 9.99 Å². The van der Waals surface area contributed by atoms with Crippen LogP contribution in [0.1, 0.15) is 0 Å². The van der Waals surface area contributed by atoms with Gasteiger partial charge in [-0.1, -0.05) is 6.07 Å². The van der Waals surface area contributed by atoms with Gasteiger partial charge in [-0.15, -0.1) is 4.37 Å². The maximum absolute atomic E-state index is 4.23. The number of fused-ring (bicyclic) bond motifs is 1. The van der Waals surface area contributed by atoms with Crippen LogP contribution >= 0.6 is 36.8 Å². The fraction of sp³-hybridized carbons (Fsp3) is 0. The van der Waals surface area contributed by atoms with Gasteiger partial charge < -0.3 is 12.4 Å². The summed E-state index contributed by atoms with van der Waals surface area (Å²) in [7, 11) is 3.23. The Morgan fingerprint density at radius 1 is 1.45 bits per heavy atom. The van der Waals surface area contributed by atoms with Gasteiger partial charge in [0.2, 0.25) is 0 Å². The zero-order chi connectivity index (χ0) is 6.97. The number of nitrogens with zero attached hydrogens (tertiary/aromatic N) is 1. The Bertz CT molecular complexity index is 362. The number of hydrogen-bond acceptors (Lipinski definition) is 2. The third-order valence-electron chi connectivity index (χ3n) is 1.21. The Balaban J connectivity index is 0.000000605. The lowest BCUT2D eigenvalue weighted by Crippen LogP contribution is -3.00. The highest BCUT2D eigenvalue weighted by atomic mass is 79.9. The molecule has 0 fully saturated rings. The SMILES string of the molecule is Brc1cccc2[s+]snc12.[Cl-]. The predicted molar refractivity (Wildman–Crippen MR) is 49.6 cm³/mol. The molecule has 0 N–H and O–H groups in total. The molecule has 0 aliphatic rings. The van der Waals surface area contributed by atoms with E-state index in [1.807, 2.05) is 12.1 Å². The van der Waals surface area contributed by atoms with E-state index >= 15 is 0 Å². The van der Waals surface area contributed by atoms with Crippen molar-refractivity contribution in [3.05, 3.63) is 22.7 Å². The molecule has 58 valence electrons. The zero-order valence-corrected chi connectivity index (χ0v) is 9.23. The van der Waals surface area contributed by atoms with Crippen LogP contribution in [0.4, 0.5) is 0 Å². The minimum Gasteiger partial charge on any atom is -1.00 e. The molecule has 0 aliphatic heterocycles. The molecule has 0 spiro atoms. The second kappa shape index (κ2) is 3.76. The van der Waals surface area contributed by atoms with Crippen molar-refractivity contribution in [2.24, 2.45) is 0 Å². The highest BCUT2D eigenvalue weighted by Crippen LogP contribution is 2.27. The largest absolute Gasteiger partial charge is 1.00 e. The second-order valence-electron chi connectivity index (χ2n) is 1.84. The molecule has 1 aromatic carbocycles. The van der Waals surface area contributed by atoms with E-state index in [-0.39, 0.29) is 12.4 Å². The Morgan fingerprint density at radius 2 is 2.27 bits per heavy atom. The summed E-state index contributed by atoms with van der Waals surface area (Å²) in [6.07, 6.45) is 0. The van der Waals surface area contributed by atoms with Gasteiger partial charge in [-0.25, -0.2) is 0 Å². The van der Waals surface area contributed by atoms with Crippen LogP contribution in [0.3, 0.4) is 0 Å². The maximum atomic E-state index is 4.23. The molecule has 0 aliphatic carbocycles. The van der Waals surface area contributed by atoms with Crippen LogP contribution in [0, 0.1) is 0 Å². The molecular formula is C6H3BrClNS2. The van der Waals surface area contributed by atoms with Crippen LogP contribution < -0.4 is 12.4 Å². The first-order chi connectivity index (χ1) is 4.88. The summed E-state index contributed by atoms with van der Waals surface area (Å²) in [6.45, 7) is 0. The van der Waals surface area contributed by atoms with Gasteiger partial charge in [0, 0.05) is 6.07 Å². The van der Waals surface area contributed by atoms with Crippen molar-refractivity contribution in [1.82, 2.24) is 4.37 Å². The summed E-state index contributed by atoms with van der Waals surface area (Å²) < 4.78 is 6.57. The van der Waals surface area contributed by atoms with E-state index in [0.29, 0.717) is 0 Å². The van der Waals surface area contributed by atoms with Gasteiger partial charge in [-0.3, -0.25) is 0 Å². The van der Waals surface area contributed by atoms with E-state index in [9.17, 15) is 0 Å².